The van der Waals surface area contributed by atoms with Gasteiger partial charge in [0.25, 0.3) is 11.8 Å². The molecule has 1 aromatic rings. The Bertz CT molecular complexity index is 488. The van der Waals surface area contributed by atoms with Gasteiger partial charge in [-0.15, -0.1) is 0 Å². The number of nitrogens with zero attached hydrogens (tertiary/aromatic N) is 1. The molecule has 0 saturated heterocycles. The minimum absolute atomic E-state index is 0.139. The number of carbonyl (C=O) groups is 3. The SMILES string of the molecule is C[C@H](CCN1C(=O)c2ccccc2C1=O)C(=O)O. The van der Waals surface area contributed by atoms with E-state index in [1.807, 2.05) is 0 Å². The van der Waals surface area contributed by atoms with E-state index in [0.29, 0.717) is 11.1 Å². The number of hydrogen-bond acceptors (Lipinski definition) is 3. The largest absolute Gasteiger partial charge is 0.481 e. The fraction of sp³-hybridized carbons (Fsp3) is 0.308. The molecule has 2 rings (SSSR count). The van der Waals surface area contributed by atoms with E-state index < -0.39 is 11.9 Å². The number of fused-ring (bicyclic) bond motifs is 1. The number of rotatable bonds is 4. The van der Waals surface area contributed by atoms with Crippen LogP contribution in [0.25, 0.3) is 0 Å². The predicted molar refractivity (Wildman–Crippen MR) is 63.2 cm³/mol. The Morgan fingerprint density at radius 1 is 1.22 bits per heavy atom. The Morgan fingerprint density at radius 2 is 1.72 bits per heavy atom. The molecule has 5 nitrogen and oxygen atoms in total. The molecule has 1 aliphatic rings. The summed E-state index contributed by atoms with van der Waals surface area (Å²) < 4.78 is 0. The van der Waals surface area contributed by atoms with E-state index in [0.717, 1.165) is 4.90 Å². The van der Waals surface area contributed by atoms with Crippen LogP contribution in [-0.2, 0) is 4.79 Å². The quantitative estimate of drug-likeness (QED) is 0.816. The molecule has 0 bridgehead atoms. The maximum atomic E-state index is 11.9. The topological polar surface area (TPSA) is 74.7 Å². The summed E-state index contributed by atoms with van der Waals surface area (Å²) >= 11 is 0. The highest BCUT2D eigenvalue weighted by Gasteiger charge is 2.35. The van der Waals surface area contributed by atoms with Gasteiger partial charge in [0.15, 0.2) is 0 Å². The standard InChI is InChI=1S/C13H13NO4/c1-8(13(17)18)6-7-14-11(15)9-4-2-3-5-10(9)12(14)16/h2-5,8H,6-7H2,1H3,(H,17,18)/t8-/m1/s1. The van der Waals surface area contributed by atoms with Crippen molar-refractivity contribution in [3.63, 3.8) is 0 Å². The number of aliphatic carboxylic acids is 1. The van der Waals surface area contributed by atoms with Gasteiger partial charge in [-0.3, -0.25) is 19.3 Å². The van der Waals surface area contributed by atoms with E-state index in [1.54, 1.807) is 31.2 Å². The smallest absolute Gasteiger partial charge is 0.306 e. The van der Waals surface area contributed by atoms with Crippen molar-refractivity contribution in [3.8, 4) is 0 Å². The summed E-state index contributed by atoms with van der Waals surface area (Å²) in [6, 6.07) is 6.62. The summed E-state index contributed by atoms with van der Waals surface area (Å²) in [7, 11) is 0. The summed E-state index contributed by atoms with van der Waals surface area (Å²) in [5, 5.41) is 8.77. The number of carboxylic acid groups (broad SMARTS) is 1. The number of carbonyl (C=O) groups excluding carboxylic acids is 2. The highest BCUT2D eigenvalue weighted by Crippen LogP contribution is 2.23. The monoisotopic (exact) mass is 247 g/mol. The zero-order valence-corrected chi connectivity index (χ0v) is 9.92. The molecular weight excluding hydrogens is 234 g/mol. The van der Waals surface area contributed by atoms with Crippen molar-refractivity contribution in [1.29, 1.82) is 0 Å². The molecule has 0 aromatic heterocycles. The number of carboxylic acids is 1. The summed E-state index contributed by atoms with van der Waals surface area (Å²) in [6.07, 6.45) is 0.265. The Kier molecular flexibility index (Phi) is 3.14. The highest BCUT2D eigenvalue weighted by atomic mass is 16.4. The lowest BCUT2D eigenvalue weighted by Gasteiger charge is -2.15. The van der Waals surface area contributed by atoms with Crippen molar-refractivity contribution in [3.05, 3.63) is 35.4 Å². The molecule has 1 atom stereocenters. The van der Waals surface area contributed by atoms with E-state index in [9.17, 15) is 14.4 Å². The van der Waals surface area contributed by atoms with Gasteiger partial charge in [-0.2, -0.15) is 0 Å². The van der Waals surface area contributed by atoms with Crippen LogP contribution < -0.4 is 0 Å². The van der Waals surface area contributed by atoms with Gasteiger partial charge >= 0.3 is 5.97 Å². The van der Waals surface area contributed by atoms with Crippen LogP contribution in [0.15, 0.2) is 24.3 Å². The lowest BCUT2D eigenvalue weighted by atomic mass is 10.1. The Labute approximate surface area is 104 Å². The molecule has 1 N–H and O–H groups in total. The molecular formula is C13H13NO4. The zero-order valence-electron chi connectivity index (χ0n) is 9.92. The molecule has 18 heavy (non-hydrogen) atoms. The van der Waals surface area contributed by atoms with Crippen LogP contribution in [0.3, 0.4) is 0 Å². The predicted octanol–water partition coefficient (Wildman–Crippen LogP) is 1.39. The molecule has 1 aromatic carbocycles. The molecule has 0 spiro atoms. The van der Waals surface area contributed by atoms with Crippen molar-refractivity contribution < 1.29 is 19.5 Å². The van der Waals surface area contributed by atoms with Crippen molar-refractivity contribution >= 4 is 17.8 Å². The molecule has 94 valence electrons. The van der Waals surface area contributed by atoms with E-state index >= 15 is 0 Å². The van der Waals surface area contributed by atoms with E-state index in [4.69, 9.17) is 5.11 Å². The fourth-order valence-electron chi connectivity index (χ4n) is 1.89. The van der Waals surface area contributed by atoms with Crippen molar-refractivity contribution in [1.82, 2.24) is 4.90 Å². The second-order valence-corrected chi connectivity index (χ2v) is 4.34. The number of amides is 2. The maximum Gasteiger partial charge on any atom is 0.306 e. The second kappa shape index (κ2) is 4.60. The summed E-state index contributed by atoms with van der Waals surface area (Å²) in [4.78, 5) is 35.7. The number of hydrogen-bond donors (Lipinski definition) is 1. The van der Waals surface area contributed by atoms with Gasteiger partial charge in [-0.05, 0) is 18.6 Å². The Morgan fingerprint density at radius 3 is 2.17 bits per heavy atom. The van der Waals surface area contributed by atoms with Gasteiger partial charge in [0.2, 0.25) is 0 Å². The maximum absolute atomic E-state index is 11.9. The molecule has 1 aliphatic heterocycles. The molecule has 0 saturated carbocycles. The molecule has 5 heteroatoms. The van der Waals surface area contributed by atoms with Gasteiger partial charge in [0.1, 0.15) is 0 Å². The lowest BCUT2D eigenvalue weighted by Crippen LogP contribution is -2.32. The van der Waals surface area contributed by atoms with Crippen LogP contribution in [-0.4, -0.2) is 34.3 Å². The van der Waals surface area contributed by atoms with Crippen molar-refractivity contribution in [2.24, 2.45) is 5.92 Å². The summed E-state index contributed by atoms with van der Waals surface area (Å²) in [5.74, 6) is -2.18. The molecule has 0 fully saturated rings. The summed E-state index contributed by atoms with van der Waals surface area (Å²) in [5.41, 5.74) is 0.788. The first-order valence-electron chi connectivity index (χ1n) is 5.70. The van der Waals surface area contributed by atoms with Crippen LogP contribution in [0.5, 0.6) is 0 Å². The summed E-state index contributed by atoms with van der Waals surface area (Å²) in [6.45, 7) is 1.69. The first kappa shape index (κ1) is 12.3. The van der Waals surface area contributed by atoms with Gasteiger partial charge in [0, 0.05) is 6.54 Å². The zero-order chi connectivity index (χ0) is 13.3. The van der Waals surface area contributed by atoms with E-state index in [1.165, 1.54) is 0 Å². The third-order valence-electron chi connectivity index (χ3n) is 3.09. The van der Waals surface area contributed by atoms with Crippen LogP contribution in [0, 0.1) is 5.92 Å². The minimum atomic E-state index is -0.924. The fourth-order valence-corrected chi connectivity index (χ4v) is 1.89. The minimum Gasteiger partial charge on any atom is -0.481 e. The van der Waals surface area contributed by atoms with Crippen LogP contribution in [0.4, 0.5) is 0 Å². The molecule has 2 amide bonds. The van der Waals surface area contributed by atoms with Crippen molar-refractivity contribution in [2.75, 3.05) is 6.54 Å². The van der Waals surface area contributed by atoms with Crippen molar-refractivity contribution in [2.45, 2.75) is 13.3 Å². The average molecular weight is 247 g/mol. The number of imide groups is 1. The Balaban J connectivity index is 2.12. The number of benzene rings is 1. The molecule has 0 unspecified atom stereocenters. The lowest BCUT2D eigenvalue weighted by molar-refractivity contribution is -0.141. The van der Waals surface area contributed by atoms with Crippen LogP contribution in [0.1, 0.15) is 34.1 Å². The first-order chi connectivity index (χ1) is 8.52. The Hall–Kier alpha value is -2.17. The van der Waals surface area contributed by atoms with Gasteiger partial charge < -0.3 is 5.11 Å². The molecule has 0 radical (unpaired) electrons. The molecule has 0 aliphatic carbocycles. The van der Waals surface area contributed by atoms with Gasteiger partial charge in [-0.1, -0.05) is 19.1 Å². The average Bonchev–Trinajstić information content (AvgIpc) is 2.60. The first-order valence-corrected chi connectivity index (χ1v) is 5.70. The third kappa shape index (κ3) is 1.99. The van der Waals surface area contributed by atoms with Crippen LogP contribution >= 0.6 is 0 Å². The van der Waals surface area contributed by atoms with Gasteiger partial charge in [-0.25, -0.2) is 0 Å². The van der Waals surface area contributed by atoms with Gasteiger partial charge in [0.05, 0.1) is 17.0 Å². The molecule has 1 heterocycles. The van der Waals surface area contributed by atoms with Crippen LogP contribution in [0.2, 0.25) is 0 Å². The second-order valence-electron chi connectivity index (χ2n) is 4.34. The normalized spacial score (nSPS) is 15.7. The van der Waals surface area contributed by atoms with E-state index in [2.05, 4.69) is 0 Å². The third-order valence-corrected chi connectivity index (χ3v) is 3.09. The van der Waals surface area contributed by atoms with E-state index in [-0.39, 0.29) is 24.8 Å². The highest BCUT2D eigenvalue weighted by molar-refractivity contribution is 6.21.